The van der Waals surface area contributed by atoms with Gasteiger partial charge in [-0.25, -0.2) is 0 Å². The Morgan fingerprint density at radius 1 is 1.42 bits per heavy atom. The van der Waals surface area contributed by atoms with Crippen molar-refractivity contribution in [1.82, 2.24) is 10.6 Å². The highest BCUT2D eigenvalue weighted by Gasteiger charge is 2.22. The standard InChI is InChI=1S/C10H22N2/c1-4-9(3)12-5-8(2)10-6-11-7-10/h8-12H,4-7H2,1-3H3. The first-order valence-electron chi connectivity index (χ1n) is 5.18. The minimum atomic E-state index is 0.681. The van der Waals surface area contributed by atoms with E-state index in [4.69, 9.17) is 0 Å². The van der Waals surface area contributed by atoms with Crippen LogP contribution in [-0.2, 0) is 0 Å². The molecule has 0 aromatic carbocycles. The van der Waals surface area contributed by atoms with E-state index in [2.05, 4.69) is 31.4 Å². The monoisotopic (exact) mass is 170 g/mol. The normalized spacial score (nSPS) is 23.2. The van der Waals surface area contributed by atoms with Crippen molar-refractivity contribution >= 4 is 0 Å². The first-order chi connectivity index (χ1) is 5.74. The summed E-state index contributed by atoms with van der Waals surface area (Å²) in [5.41, 5.74) is 0. The van der Waals surface area contributed by atoms with Gasteiger partial charge in [0.15, 0.2) is 0 Å². The zero-order valence-electron chi connectivity index (χ0n) is 8.56. The second-order valence-corrected chi connectivity index (χ2v) is 4.11. The summed E-state index contributed by atoms with van der Waals surface area (Å²) in [6.07, 6.45) is 1.23. The average molecular weight is 170 g/mol. The Morgan fingerprint density at radius 2 is 2.08 bits per heavy atom. The van der Waals surface area contributed by atoms with E-state index in [0.29, 0.717) is 6.04 Å². The van der Waals surface area contributed by atoms with E-state index in [9.17, 15) is 0 Å². The number of rotatable bonds is 5. The van der Waals surface area contributed by atoms with E-state index < -0.39 is 0 Å². The molecule has 0 spiro atoms. The van der Waals surface area contributed by atoms with E-state index in [1.165, 1.54) is 26.1 Å². The van der Waals surface area contributed by atoms with Gasteiger partial charge in [0.05, 0.1) is 0 Å². The molecule has 12 heavy (non-hydrogen) atoms. The van der Waals surface area contributed by atoms with Crippen LogP contribution in [0.5, 0.6) is 0 Å². The third kappa shape index (κ3) is 2.76. The predicted molar refractivity (Wildman–Crippen MR) is 53.3 cm³/mol. The van der Waals surface area contributed by atoms with Gasteiger partial charge in [-0.05, 0) is 44.8 Å². The van der Waals surface area contributed by atoms with E-state index in [1.807, 2.05) is 0 Å². The lowest BCUT2D eigenvalue weighted by Crippen LogP contribution is -2.48. The van der Waals surface area contributed by atoms with E-state index in [0.717, 1.165) is 11.8 Å². The second-order valence-electron chi connectivity index (χ2n) is 4.11. The van der Waals surface area contributed by atoms with Crippen LogP contribution in [0.15, 0.2) is 0 Å². The largest absolute Gasteiger partial charge is 0.316 e. The van der Waals surface area contributed by atoms with Crippen LogP contribution >= 0.6 is 0 Å². The highest BCUT2D eigenvalue weighted by atomic mass is 15.0. The molecule has 72 valence electrons. The molecule has 0 radical (unpaired) electrons. The summed E-state index contributed by atoms with van der Waals surface area (Å²) in [4.78, 5) is 0. The maximum absolute atomic E-state index is 3.55. The van der Waals surface area contributed by atoms with Gasteiger partial charge in [0.1, 0.15) is 0 Å². The van der Waals surface area contributed by atoms with E-state index in [1.54, 1.807) is 0 Å². The molecule has 0 aliphatic carbocycles. The van der Waals surface area contributed by atoms with Crippen molar-refractivity contribution in [3.8, 4) is 0 Å². The van der Waals surface area contributed by atoms with Crippen LogP contribution in [-0.4, -0.2) is 25.7 Å². The van der Waals surface area contributed by atoms with Crippen LogP contribution in [0.3, 0.4) is 0 Å². The third-order valence-corrected chi connectivity index (χ3v) is 3.02. The molecule has 2 N–H and O–H groups in total. The first-order valence-corrected chi connectivity index (χ1v) is 5.18. The maximum Gasteiger partial charge on any atom is 0.00362 e. The Morgan fingerprint density at radius 3 is 2.50 bits per heavy atom. The Labute approximate surface area is 76.1 Å². The fourth-order valence-electron chi connectivity index (χ4n) is 1.41. The highest BCUT2D eigenvalue weighted by Crippen LogP contribution is 2.14. The van der Waals surface area contributed by atoms with Gasteiger partial charge in [-0.2, -0.15) is 0 Å². The average Bonchev–Trinajstić information content (AvgIpc) is 1.97. The molecule has 2 nitrogen and oxygen atoms in total. The molecule has 2 unspecified atom stereocenters. The zero-order chi connectivity index (χ0) is 8.97. The molecule has 1 rings (SSSR count). The Hall–Kier alpha value is -0.0800. The molecule has 2 atom stereocenters. The Balaban J connectivity index is 2.05. The summed E-state index contributed by atoms with van der Waals surface area (Å²) >= 11 is 0. The summed E-state index contributed by atoms with van der Waals surface area (Å²) in [6.45, 7) is 10.5. The smallest absolute Gasteiger partial charge is 0.00362 e. The lowest BCUT2D eigenvalue weighted by Gasteiger charge is -2.33. The van der Waals surface area contributed by atoms with Crippen molar-refractivity contribution in [3.05, 3.63) is 0 Å². The van der Waals surface area contributed by atoms with E-state index in [-0.39, 0.29) is 0 Å². The molecule has 1 saturated heterocycles. The highest BCUT2D eigenvalue weighted by molar-refractivity contribution is 4.80. The van der Waals surface area contributed by atoms with Crippen LogP contribution in [0.2, 0.25) is 0 Å². The van der Waals surface area contributed by atoms with Gasteiger partial charge >= 0.3 is 0 Å². The molecule has 1 aliphatic rings. The van der Waals surface area contributed by atoms with E-state index >= 15 is 0 Å². The quantitative estimate of drug-likeness (QED) is 0.648. The van der Waals surface area contributed by atoms with Crippen LogP contribution in [0.4, 0.5) is 0 Å². The molecule has 2 heteroatoms. The molecule has 0 amide bonds. The van der Waals surface area contributed by atoms with Crippen molar-refractivity contribution < 1.29 is 0 Å². The number of nitrogens with one attached hydrogen (secondary N) is 2. The lowest BCUT2D eigenvalue weighted by molar-refractivity contribution is 0.238. The fourth-order valence-corrected chi connectivity index (χ4v) is 1.41. The molecule has 0 aromatic heterocycles. The van der Waals surface area contributed by atoms with Crippen molar-refractivity contribution in [2.75, 3.05) is 19.6 Å². The minimum absolute atomic E-state index is 0.681. The Kier molecular flexibility index (Phi) is 4.02. The molecule has 1 aliphatic heterocycles. The first kappa shape index (κ1) is 10.0. The summed E-state index contributed by atoms with van der Waals surface area (Å²) in [5.74, 6) is 1.75. The molecular weight excluding hydrogens is 148 g/mol. The number of hydrogen-bond acceptors (Lipinski definition) is 2. The van der Waals surface area contributed by atoms with Gasteiger partial charge in [-0.15, -0.1) is 0 Å². The van der Waals surface area contributed by atoms with Crippen molar-refractivity contribution in [2.24, 2.45) is 11.8 Å². The SMILES string of the molecule is CCC(C)NCC(C)C1CNC1. The molecular formula is C10H22N2. The van der Waals surface area contributed by atoms with Crippen molar-refractivity contribution in [2.45, 2.75) is 33.2 Å². The fraction of sp³-hybridized carbons (Fsp3) is 1.00. The van der Waals surface area contributed by atoms with Crippen molar-refractivity contribution in [3.63, 3.8) is 0 Å². The van der Waals surface area contributed by atoms with Gasteiger partial charge in [-0.1, -0.05) is 13.8 Å². The second kappa shape index (κ2) is 4.83. The van der Waals surface area contributed by atoms with Gasteiger partial charge in [0.2, 0.25) is 0 Å². The maximum atomic E-state index is 3.55. The third-order valence-electron chi connectivity index (χ3n) is 3.02. The van der Waals surface area contributed by atoms with Gasteiger partial charge in [-0.3, -0.25) is 0 Å². The zero-order valence-corrected chi connectivity index (χ0v) is 8.56. The number of hydrogen-bond donors (Lipinski definition) is 2. The van der Waals surface area contributed by atoms with Crippen LogP contribution in [0.25, 0.3) is 0 Å². The summed E-state index contributed by atoms with van der Waals surface area (Å²) in [5, 5.41) is 6.87. The van der Waals surface area contributed by atoms with Crippen LogP contribution in [0, 0.1) is 11.8 Å². The summed E-state index contributed by atoms with van der Waals surface area (Å²) in [6, 6.07) is 0.681. The summed E-state index contributed by atoms with van der Waals surface area (Å²) in [7, 11) is 0. The lowest BCUT2D eigenvalue weighted by atomic mass is 9.89. The minimum Gasteiger partial charge on any atom is -0.316 e. The molecule has 0 bridgehead atoms. The Bertz CT molecular complexity index is 121. The van der Waals surface area contributed by atoms with Gasteiger partial charge in [0, 0.05) is 6.04 Å². The molecule has 0 saturated carbocycles. The van der Waals surface area contributed by atoms with Crippen LogP contribution < -0.4 is 10.6 Å². The molecule has 0 aromatic rings. The predicted octanol–water partition coefficient (Wildman–Crippen LogP) is 1.23. The van der Waals surface area contributed by atoms with Gasteiger partial charge in [0.25, 0.3) is 0 Å². The molecule has 1 fully saturated rings. The summed E-state index contributed by atoms with van der Waals surface area (Å²) < 4.78 is 0. The van der Waals surface area contributed by atoms with Gasteiger partial charge < -0.3 is 10.6 Å². The van der Waals surface area contributed by atoms with Crippen molar-refractivity contribution in [1.29, 1.82) is 0 Å². The molecule has 1 heterocycles. The van der Waals surface area contributed by atoms with Crippen LogP contribution in [0.1, 0.15) is 27.2 Å². The topological polar surface area (TPSA) is 24.1 Å².